The van der Waals surface area contributed by atoms with Gasteiger partial charge in [0.25, 0.3) is 0 Å². The standard InChI is InChI=1S/C29H34ClN5O3/c1-28(2,3)38-27(36)35-13-11-34(12-14-35)26-21-9-8-20(30)16-22(21)23(15-19-7-6-10-31-25(19)26)29(4,37)24-17-33(5)18-32-24/h6-10,15-18,26,37H,11-14H2,1-5H3/t26-,29?/m0/s1. The molecular formula is C29H34ClN5O3. The zero-order valence-electron chi connectivity index (χ0n) is 22.5. The quantitative estimate of drug-likeness (QED) is 0.515. The molecule has 3 aromatic rings. The van der Waals surface area contributed by atoms with E-state index < -0.39 is 11.2 Å². The van der Waals surface area contributed by atoms with Gasteiger partial charge in [0.15, 0.2) is 0 Å². The lowest BCUT2D eigenvalue weighted by molar-refractivity contribution is 0.0117. The molecule has 8 nitrogen and oxygen atoms in total. The van der Waals surface area contributed by atoms with Gasteiger partial charge in [-0.05, 0) is 74.2 Å². The largest absolute Gasteiger partial charge is 0.444 e. The van der Waals surface area contributed by atoms with Gasteiger partial charge in [0.1, 0.15) is 11.2 Å². The molecule has 0 bridgehead atoms. The molecule has 1 aliphatic carbocycles. The van der Waals surface area contributed by atoms with Crippen LogP contribution >= 0.6 is 11.6 Å². The first-order chi connectivity index (χ1) is 17.9. The van der Waals surface area contributed by atoms with E-state index in [1.54, 1.807) is 24.3 Å². The van der Waals surface area contributed by atoms with Crippen LogP contribution in [-0.4, -0.2) is 67.3 Å². The van der Waals surface area contributed by atoms with E-state index in [4.69, 9.17) is 21.3 Å². The third-order valence-corrected chi connectivity index (χ3v) is 7.32. The number of aliphatic hydroxyl groups is 1. The Balaban J connectivity index is 1.56. The Morgan fingerprint density at radius 1 is 1.11 bits per heavy atom. The molecule has 1 amide bonds. The number of hydrogen-bond donors (Lipinski definition) is 1. The van der Waals surface area contributed by atoms with Crippen LogP contribution in [0.4, 0.5) is 4.79 Å². The Labute approximate surface area is 228 Å². The summed E-state index contributed by atoms with van der Waals surface area (Å²) < 4.78 is 7.42. The second-order valence-electron chi connectivity index (χ2n) is 11.2. The zero-order chi connectivity index (χ0) is 27.2. The van der Waals surface area contributed by atoms with Crippen molar-refractivity contribution in [1.82, 2.24) is 24.3 Å². The highest BCUT2D eigenvalue weighted by Crippen LogP contribution is 2.46. The van der Waals surface area contributed by atoms with Crippen LogP contribution < -0.4 is 0 Å². The lowest BCUT2D eigenvalue weighted by Gasteiger charge is -2.40. The van der Waals surface area contributed by atoms with Crippen molar-refractivity contribution in [3.05, 3.63) is 82.2 Å². The summed E-state index contributed by atoms with van der Waals surface area (Å²) in [4.78, 5) is 26.1. The molecule has 1 aliphatic heterocycles. The molecule has 38 heavy (non-hydrogen) atoms. The molecule has 0 spiro atoms. The Bertz CT molecular complexity index is 1380. The number of piperazine rings is 1. The summed E-state index contributed by atoms with van der Waals surface area (Å²) in [6, 6.07) is 9.56. The van der Waals surface area contributed by atoms with Gasteiger partial charge in [-0.1, -0.05) is 23.7 Å². The Hall–Kier alpha value is -3.20. The van der Waals surface area contributed by atoms with Crippen LogP contribution in [0.15, 0.2) is 49.1 Å². The summed E-state index contributed by atoms with van der Waals surface area (Å²) in [6.07, 6.45) is 7.02. The molecule has 2 aromatic heterocycles. The number of carbonyl (C=O) groups is 1. The summed E-state index contributed by atoms with van der Waals surface area (Å²) in [5.41, 5.74) is 3.01. The first-order valence-corrected chi connectivity index (χ1v) is 13.2. The minimum Gasteiger partial charge on any atom is -0.444 e. The van der Waals surface area contributed by atoms with Crippen molar-refractivity contribution in [3.63, 3.8) is 0 Å². The summed E-state index contributed by atoms with van der Waals surface area (Å²) in [5.74, 6) is 0. The van der Waals surface area contributed by atoms with Crippen LogP contribution in [0.3, 0.4) is 0 Å². The van der Waals surface area contributed by atoms with Crippen molar-refractivity contribution in [2.45, 2.75) is 44.9 Å². The Morgan fingerprint density at radius 3 is 2.50 bits per heavy atom. The predicted molar refractivity (Wildman–Crippen MR) is 148 cm³/mol. The molecule has 1 saturated heterocycles. The number of carbonyl (C=O) groups excluding carboxylic acids is 1. The summed E-state index contributed by atoms with van der Waals surface area (Å²) >= 11 is 6.53. The number of nitrogens with zero attached hydrogens (tertiary/aromatic N) is 5. The molecule has 0 saturated carbocycles. The summed E-state index contributed by atoms with van der Waals surface area (Å²) in [5, 5.41) is 12.5. The van der Waals surface area contributed by atoms with Gasteiger partial charge >= 0.3 is 6.09 Å². The smallest absolute Gasteiger partial charge is 0.410 e. The third-order valence-electron chi connectivity index (χ3n) is 7.09. The molecule has 3 heterocycles. The van der Waals surface area contributed by atoms with Gasteiger partial charge in [-0.25, -0.2) is 9.78 Å². The number of rotatable bonds is 3. The molecule has 0 radical (unpaired) electrons. The predicted octanol–water partition coefficient (Wildman–Crippen LogP) is 4.87. The highest BCUT2D eigenvalue weighted by Gasteiger charge is 2.39. The molecule has 1 N–H and O–H groups in total. The van der Waals surface area contributed by atoms with Crippen molar-refractivity contribution in [1.29, 1.82) is 0 Å². The number of imidazole rings is 1. The fourth-order valence-corrected chi connectivity index (χ4v) is 5.40. The average molecular weight is 536 g/mol. The Kier molecular flexibility index (Phi) is 6.84. The number of hydrogen-bond acceptors (Lipinski definition) is 6. The molecule has 9 heteroatoms. The van der Waals surface area contributed by atoms with E-state index in [1.807, 2.05) is 75.0 Å². The zero-order valence-corrected chi connectivity index (χ0v) is 23.2. The van der Waals surface area contributed by atoms with Crippen LogP contribution in [0.25, 0.3) is 11.6 Å². The lowest BCUT2D eigenvalue weighted by Crippen LogP contribution is -2.51. The molecule has 2 atom stereocenters. The summed E-state index contributed by atoms with van der Waals surface area (Å²) in [7, 11) is 1.88. The highest BCUT2D eigenvalue weighted by molar-refractivity contribution is 6.30. The molecule has 2 aliphatic rings. The van der Waals surface area contributed by atoms with E-state index >= 15 is 0 Å². The minimum atomic E-state index is -1.38. The van der Waals surface area contributed by atoms with Gasteiger partial charge in [-0.2, -0.15) is 0 Å². The van der Waals surface area contributed by atoms with E-state index in [0.29, 0.717) is 42.5 Å². The number of aromatic nitrogens is 3. The van der Waals surface area contributed by atoms with Crippen molar-refractivity contribution in [2.24, 2.45) is 7.05 Å². The van der Waals surface area contributed by atoms with Gasteiger partial charge in [0.2, 0.25) is 0 Å². The topological polar surface area (TPSA) is 83.7 Å². The second kappa shape index (κ2) is 9.84. The van der Waals surface area contributed by atoms with Crippen molar-refractivity contribution in [3.8, 4) is 0 Å². The van der Waals surface area contributed by atoms with Crippen LogP contribution in [0.2, 0.25) is 5.02 Å². The SMILES string of the molecule is Cn1cnc(C(C)(O)C2=Cc3cccnc3[C@@H](N3CCN(C(=O)OC(C)(C)C)CC3)c3ccc(Cl)cc32)c1. The first kappa shape index (κ1) is 26.4. The van der Waals surface area contributed by atoms with Gasteiger partial charge in [0.05, 0.1) is 23.8 Å². The molecule has 1 fully saturated rings. The van der Waals surface area contributed by atoms with Crippen molar-refractivity contribution in [2.75, 3.05) is 26.2 Å². The number of fused-ring (bicyclic) bond motifs is 2. The van der Waals surface area contributed by atoms with E-state index in [-0.39, 0.29) is 12.1 Å². The van der Waals surface area contributed by atoms with Crippen molar-refractivity contribution >= 4 is 29.3 Å². The maximum Gasteiger partial charge on any atom is 0.410 e. The molecule has 200 valence electrons. The number of aryl methyl sites for hydroxylation is 1. The first-order valence-electron chi connectivity index (χ1n) is 12.8. The number of amides is 1. The van der Waals surface area contributed by atoms with E-state index in [1.165, 1.54) is 0 Å². The molecule has 1 unspecified atom stereocenters. The van der Waals surface area contributed by atoms with Gasteiger partial charge in [-0.3, -0.25) is 9.88 Å². The van der Waals surface area contributed by atoms with Gasteiger partial charge < -0.3 is 19.3 Å². The Morgan fingerprint density at radius 2 is 1.84 bits per heavy atom. The summed E-state index contributed by atoms with van der Waals surface area (Å²) in [6.45, 7) is 9.78. The van der Waals surface area contributed by atoms with E-state index in [9.17, 15) is 9.90 Å². The second-order valence-corrected chi connectivity index (χ2v) is 11.6. The average Bonchev–Trinajstić information content (AvgIpc) is 3.24. The van der Waals surface area contributed by atoms with Crippen LogP contribution in [0.5, 0.6) is 0 Å². The normalized spacial score (nSPS) is 19.6. The van der Waals surface area contributed by atoms with Gasteiger partial charge in [0, 0.05) is 50.6 Å². The van der Waals surface area contributed by atoms with Crippen LogP contribution in [0.1, 0.15) is 61.8 Å². The maximum atomic E-state index is 12.7. The fraction of sp³-hybridized carbons (Fsp3) is 0.414. The van der Waals surface area contributed by atoms with Crippen LogP contribution in [-0.2, 0) is 17.4 Å². The third kappa shape index (κ3) is 5.08. The lowest BCUT2D eigenvalue weighted by atomic mass is 9.84. The van der Waals surface area contributed by atoms with Gasteiger partial charge in [-0.15, -0.1) is 0 Å². The van der Waals surface area contributed by atoms with E-state index in [0.717, 1.165) is 22.4 Å². The molecule has 1 aromatic carbocycles. The number of pyridine rings is 1. The van der Waals surface area contributed by atoms with Crippen LogP contribution in [0, 0.1) is 0 Å². The number of halogens is 1. The molecule has 5 rings (SSSR count). The number of benzene rings is 1. The number of ether oxygens (including phenoxy) is 1. The maximum absolute atomic E-state index is 12.7. The van der Waals surface area contributed by atoms with Crippen molar-refractivity contribution < 1.29 is 14.6 Å². The monoisotopic (exact) mass is 535 g/mol. The highest BCUT2D eigenvalue weighted by atomic mass is 35.5. The molecular weight excluding hydrogens is 502 g/mol. The minimum absolute atomic E-state index is 0.187. The fourth-order valence-electron chi connectivity index (χ4n) is 5.22. The van der Waals surface area contributed by atoms with E-state index in [2.05, 4.69) is 9.88 Å².